The van der Waals surface area contributed by atoms with Crippen molar-refractivity contribution in [1.82, 2.24) is 20.2 Å². The number of aryl methyl sites for hydroxylation is 1. The van der Waals surface area contributed by atoms with Crippen LogP contribution >= 0.6 is 11.3 Å². The highest BCUT2D eigenvalue weighted by molar-refractivity contribution is 7.17. The maximum Gasteiger partial charge on any atom is 0.280 e. The summed E-state index contributed by atoms with van der Waals surface area (Å²) in [5.41, 5.74) is 2.24. The van der Waals surface area contributed by atoms with Crippen LogP contribution in [0.1, 0.15) is 84.6 Å². The van der Waals surface area contributed by atoms with Gasteiger partial charge in [0.05, 0.1) is 11.0 Å². The monoisotopic (exact) mass is 483 g/mol. The van der Waals surface area contributed by atoms with Gasteiger partial charge in [0.15, 0.2) is 5.01 Å². The molecule has 0 radical (unpaired) electrons. The zero-order chi connectivity index (χ0) is 24.0. The number of amides is 2. The number of hydrogen-bond donors (Lipinski definition) is 3. The molecule has 3 fully saturated rings. The van der Waals surface area contributed by atoms with E-state index in [1.54, 1.807) is 6.20 Å². The van der Waals surface area contributed by atoms with E-state index >= 15 is 0 Å². The van der Waals surface area contributed by atoms with Crippen molar-refractivity contribution in [2.24, 2.45) is 0 Å². The van der Waals surface area contributed by atoms with Gasteiger partial charge in [-0.1, -0.05) is 0 Å². The van der Waals surface area contributed by atoms with Crippen LogP contribution in [0.4, 0.5) is 5.82 Å². The molecule has 1 aliphatic heterocycles. The van der Waals surface area contributed by atoms with Crippen molar-refractivity contribution in [2.45, 2.75) is 89.4 Å². The Balaban J connectivity index is 1.46. The molecule has 0 aromatic carbocycles. The molecular formula is C25H33N5O3S. The van der Waals surface area contributed by atoms with Crippen molar-refractivity contribution in [1.29, 1.82) is 0 Å². The van der Waals surface area contributed by atoms with E-state index in [-0.39, 0.29) is 40.5 Å². The van der Waals surface area contributed by atoms with E-state index in [1.807, 2.05) is 17.9 Å². The summed E-state index contributed by atoms with van der Waals surface area (Å²) in [6.07, 6.45) is 7.99. The number of carbonyl (C=O) groups is 2. The molecule has 34 heavy (non-hydrogen) atoms. The van der Waals surface area contributed by atoms with Crippen LogP contribution in [0, 0.1) is 6.92 Å². The van der Waals surface area contributed by atoms with E-state index in [0.717, 1.165) is 42.6 Å². The van der Waals surface area contributed by atoms with Crippen LogP contribution in [0.15, 0.2) is 12.3 Å². The second-order valence-electron chi connectivity index (χ2n) is 10.4. The third kappa shape index (κ3) is 4.43. The lowest BCUT2D eigenvalue weighted by molar-refractivity contribution is 0.0562. The Bertz CT molecular complexity index is 1110. The summed E-state index contributed by atoms with van der Waals surface area (Å²) in [6, 6.07) is 2.12. The lowest BCUT2D eigenvalue weighted by Crippen LogP contribution is -2.46. The minimum atomic E-state index is -0.353. The molecule has 0 spiro atoms. The number of anilines is 1. The number of hydrogen-bond acceptors (Lipinski definition) is 7. The van der Waals surface area contributed by atoms with Crippen molar-refractivity contribution in [3.05, 3.63) is 28.5 Å². The van der Waals surface area contributed by atoms with Crippen LogP contribution < -0.4 is 10.6 Å². The van der Waals surface area contributed by atoms with Crippen molar-refractivity contribution >= 4 is 29.0 Å². The van der Waals surface area contributed by atoms with Crippen LogP contribution in [-0.2, 0) is 0 Å². The SMILES string of the molecule is Cc1cc(NC2(C)CCC2)ncc1-c1sc(C(=O)N[C@H]2C[C@H](O)C2)nc1C(=O)N1CCC[C@@H]1C. The number of aliphatic hydroxyl groups excluding tert-OH is 1. The van der Waals surface area contributed by atoms with Gasteiger partial charge >= 0.3 is 0 Å². The average Bonchev–Trinajstić information content (AvgIpc) is 3.38. The number of rotatable bonds is 6. The van der Waals surface area contributed by atoms with Crippen molar-refractivity contribution in [3.63, 3.8) is 0 Å². The third-order valence-corrected chi connectivity index (χ3v) is 8.62. The fraction of sp³-hybridized carbons (Fsp3) is 0.600. The van der Waals surface area contributed by atoms with Gasteiger partial charge in [-0.05, 0) is 77.3 Å². The third-order valence-electron chi connectivity index (χ3n) is 7.53. The zero-order valence-electron chi connectivity index (χ0n) is 20.1. The predicted molar refractivity (Wildman–Crippen MR) is 132 cm³/mol. The fourth-order valence-corrected chi connectivity index (χ4v) is 6.11. The molecule has 3 heterocycles. The predicted octanol–water partition coefficient (Wildman–Crippen LogP) is 3.75. The number of pyridine rings is 1. The molecule has 5 rings (SSSR count). The summed E-state index contributed by atoms with van der Waals surface area (Å²) in [4.78, 5) is 38.1. The van der Waals surface area contributed by atoms with E-state index in [9.17, 15) is 14.7 Å². The van der Waals surface area contributed by atoms with E-state index < -0.39 is 0 Å². The standard InChI is InChI=1S/C25H33N5O3S/c1-14-10-19(29-25(3)7-5-8-25)26-13-18(14)21-20(24(33)30-9-4-6-15(30)2)28-23(34-21)22(32)27-16-11-17(31)12-16/h10,13,15-17,31H,4-9,11-12H2,1-3H3,(H,26,29)(H,27,32)/t15-,16-,17-/m0/s1. The first-order chi connectivity index (χ1) is 16.2. The van der Waals surface area contributed by atoms with E-state index in [0.29, 0.717) is 30.0 Å². The number of aliphatic hydroxyl groups is 1. The molecule has 2 aromatic rings. The molecule has 2 aromatic heterocycles. The summed E-state index contributed by atoms with van der Waals surface area (Å²) in [5, 5.41) is 16.3. The van der Waals surface area contributed by atoms with Crippen LogP contribution in [0.25, 0.3) is 10.4 Å². The zero-order valence-corrected chi connectivity index (χ0v) is 20.9. The first kappa shape index (κ1) is 23.2. The van der Waals surface area contributed by atoms with Gasteiger partial charge in [-0.2, -0.15) is 0 Å². The molecule has 2 aliphatic carbocycles. The van der Waals surface area contributed by atoms with Gasteiger partial charge in [0.25, 0.3) is 11.8 Å². The number of aromatic nitrogens is 2. The second kappa shape index (κ2) is 8.92. The topological polar surface area (TPSA) is 107 Å². The normalized spacial score (nSPS) is 25.4. The number of thiazole rings is 1. The van der Waals surface area contributed by atoms with E-state index in [1.165, 1.54) is 17.8 Å². The minimum absolute atomic E-state index is 0.0470. The van der Waals surface area contributed by atoms with Crippen LogP contribution in [0.3, 0.4) is 0 Å². The first-order valence-electron chi connectivity index (χ1n) is 12.3. The lowest BCUT2D eigenvalue weighted by atomic mass is 9.78. The molecule has 8 nitrogen and oxygen atoms in total. The first-order valence-corrected chi connectivity index (χ1v) is 13.1. The molecule has 3 N–H and O–H groups in total. The molecule has 3 aliphatic rings. The number of carbonyl (C=O) groups excluding carboxylic acids is 2. The maximum atomic E-state index is 13.5. The Kier molecular flexibility index (Phi) is 6.10. The highest BCUT2D eigenvalue weighted by Crippen LogP contribution is 2.37. The molecule has 2 saturated carbocycles. The minimum Gasteiger partial charge on any atom is -0.393 e. The van der Waals surface area contributed by atoms with Crippen molar-refractivity contribution in [2.75, 3.05) is 11.9 Å². The Hall–Kier alpha value is -2.52. The van der Waals surface area contributed by atoms with Gasteiger partial charge in [0, 0.05) is 35.9 Å². The van der Waals surface area contributed by atoms with Gasteiger partial charge in [0.2, 0.25) is 0 Å². The molecule has 1 saturated heterocycles. The van der Waals surface area contributed by atoms with Gasteiger partial charge in [0.1, 0.15) is 11.5 Å². The molecule has 1 atom stereocenters. The van der Waals surface area contributed by atoms with Gasteiger partial charge in [-0.3, -0.25) is 9.59 Å². The Morgan fingerprint density at radius 2 is 2.03 bits per heavy atom. The highest BCUT2D eigenvalue weighted by atomic mass is 32.1. The molecule has 182 valence electrons. The summed E-state index contributed by atoms with van der Waals surface area (Å²) >= 11 is 1.24. The van der Waals surface area contributed by atoms with Gasteiger partial charge < -0.3 is 20.6 Å². The summed E-state index contributed by atoms with van der Waals surface area (Å²) in [6.45, 7) is 6.98. The van der Waals surface area contributed by atoms with Crippen LogP contribution in [-0.4, -0.2) is 62.1 Å². The quantitative estimate of drug-likeness (QED) is 0.578. The Morgan fingerprint density at radius 1 is 1.26 bits per heavy atom. The second-order valence-corrected chi connectivity index (χ2v) is 11.4. The van der Waals surface area contributed by atoms with Gasteiger partial charge in [-0.25, -0.2) is 9.97 Å². The average molecular weight is 484 g/mol. The van der Waals surface area contributed by atoms with E-state index in [4.69, 9.17) is 0 Å². The fourth-order valence-electron chi connectivity index (χ4n) is 5.07. The molecular weight excluding hydrogens is 450 g/mol. The number of nitrogens with one attached hydrogen (secondary N) is 2. The molecule has 0 bridgehead atoms. The summed E-state index contributed by atoms with van der Waals surface area (Å²) in [5.74, 6) is 0.409. The Morgan fingerprint density at radius 3 is 2.62 bits per heavy atom. The molecule has 9 heteroatoms. The highest BCUT2D eigenvalue weighted by Gasteiger charge is 2.34. The molecule has 0 unspecified atom stereocenters. The van der Waals surface area contributed by atoms with Gasteiger partial charge in [-0.15, -0.1) is 11.3 Å². The summed E-state index contributed by atoms with van der Waals surface area (Å²) in [7, 11) is 0. The van der Waals surface area contributed by atoms with Crippen LogP contribution in [0.5, 0.6) is 0 Å². The lowest BCUT2D eigenvalue weighted by Gasteiger charge is -2.39. The largest absolute Gasteiger partial charge is 0.393 e. The number of likely N-dealkylation sites (tertiary alicyclic amines) is 1. The van der Waals surface area contributed by atoms with Crippen molar-refractivity contribution in [3.8, 4) is 10.4 Å². The Labute approximate surface area is 204 Å². The molecule has 2 amide bonds. The number of nitrogens with zero attached hydrogens (tertiary/aromatic N) is 3. The summed E-state index contributed by atoms with van der Waals surface area (Å²) < 4.78 is 0. The smallest absolute Gasteiger partial charge is 0.280 e. The van der Waals surface area contributed by atoms with E-state index in [2.05, 4.69) is 34.4 Å². The van der Waals surface area contributed by atoms with Crippen LogP contribution in [0.2, 0.25) is 0 Å². The maximum absolute atomic E-state index is 13.5. The van der Waals surface area contributed by atoms with Crippen molar-refractivity contribution < 1.29 is 14.7 Å².